The van der Waals surface area contributed by atoms with Crippen LogP contribution in [0.5, 0.6) is 5.75 Å². The summed E-state index contributed by atoms with van der Waals surface area (Å²) < 4.78 is 11.4. The van der Waals surface area contributed by atoms with Crippen LogP contribution in [0.2, 0.25) is 0 Å². The molecule has 2 aromatic carbocycles. The van der Waals surface area contributed by atoms with Crippen LogP contribution in [0.3, 0.4) is 0 Å². The molecular formula is C21H24N2O4. The first-order valence-corrected chi connectivity index (χ1v) is 8.90. The largest absolute Gasteiger partial charge is 0.478 e. The molecule has 0 aliphatic heterocycles. The molecule has 0 saturated carbocycles. The first-order chi connectivity index (χ1) is 12.8. The maximum atomic E-state index is 11.3. The molecule has 0 amide bonds. The predicted octanol–water partition coefficient (Wildman–Crippen LogP) is 4.48. The van der Waals surface area contributed by atoms with Crippen LogP contribution in [0.4, 0.5) is 0 Å². The molecule has 2 unspecified atom stereocenters. The van der Waals surface area contributed by atoms with Crippen molar-refractivity contribution in [3.8, 4) is 5.75 Å². The van der Waals surface area contributed by atoms with Crippen LogP contribution in [0, 0.1) is 0 Å². The van der Waals surface area contributed by atoms with E-state index in [1.54, 1.807) is 6.07 Å². The Morgan fingerprint density at radius 1 is 1.15 bits per heavy atom. The van der Waals surface area contributed by atoms with E-state index in [2.05, 4.69) is 10.3 Å². The molecule has 0 radical (unpaired) electrons. The average Bonchev–Trinajstić information content (AvgIpc) is 3.05. The van der Waals surface area contributed by atoms with Crippen LogP contribution in [-0.2, 0) is 4.79 Å². The van der Waals surface area contributed by atoms with E-state index in [0.29, 0.717) is 11.6 Å². The molecule has 0 aliphatic rings. The Labute approximate surface area is 158 Å². The van der Waals surface area contributed by atoms with Gasteiger partial charge in [-0.2, -0.15) is 0 Å². The first-order valence-electron chi connectivity index (χ1n) is 8.90. The van der Waals surface area contributed by atoms with Gasteiger partial charge in [0.05, 0.1) is 6.04 Å². The van der Waals surface area contributed by atoms with Gasteiger partial charge in [-0.05, 0) is 57.5 Å². The van der Waals surface area contributed by atoms with Gasteiger partial charge in [0.2, 0.25) is 5.89 Å². The summed E-state index contributed by atoms with van der Waals surface area (Å²) >= 11 is 0. The van der Waals surface area contributed by atoms with E-state index >= 15 is 0 Å². The normalized spacial score (nSPS) is 14.1. The zero-order chi connectivity index (χ0) is 19.6. The minimum Gasteiger partial charge on any atom is -0.478 e. The quantitative estimate of drug-likeness (QED) is 0.639. The Hall–Kier alpha value is -2.86. The summed E-state index contributed by atoms with van der Waals surface area (Å²) in [6, 6.07) is 15.0. The van der Waals surface area contributed by atoms with E-state index in [1.165, 1.54) is 13.8 Å². The van der Waals surface area contributed by atoms with Crippen molar-refractivity contribution in [2.75, 3.05) is 0 Å². The van der Waals surface area contributed by atoms with Crippen molar-refractivity contribution in [2.45, 2.75) is 45.4 Å². The standard InChI is InChI=1S/C21H24N2O4/c1-13(15-8-7-9-16(12-15)27-21(3,4)20(24)25)22-14(2)19-23-17-10-5-6-11-18(17)26-19/h5-14,22H,1-4H3,(H,24,25). The Balaban J connectivity index is 1.72. The van der Waals surface area contributed by atoms with E-state index in [9.17, 15) is 9.90 Å². The van der Waals surface area contributed by atoms with Crippen molar-refractivity contribution < 1.29 is 19.1 Å². The molecule has 142 valence electrons. The molecule has 1 aromatic heterocycles. The van der Waals surface area contributed by atoms with Gasteiger partial charge in [-0.15, -0.1) is 0 Å². The van der Waals surface area contributed by atoms with Gasteiger partial charge in [0.15, 0.2) is 11.2 Å². The van der Waals surface area contributed by atoms with E-state index < -0.39 is 11.6 Å². The molecule has 3 rings (SSSR count). The Morgan fingerprint density at radius 3 is 2.59 bits per heavy atom. The number of benzene rings is 2. The van der Waals surface area contributed by atoms with Gasteiger partial charge in [0, 0.05) is 6.04 Å². The molecule has 1 heterocycles. The molecule has 2 N–H and O–H groups in total. The van der Waals surface area contributed by atoms with Crippen molar-refractivity contribution in [1.29, 1.82) is 0 Å². The topological polar surface area (TPSA) is 84.6 Å². The molecule has 0 aliphatic carbocycles. The van der Waals surface area contributed by atoms with Gasteiger partial charge in [0.1, 0.15) is 11.3 Å². The Kier molecular flexibility index (Phi) is 5.19. The zero-order valence-corrected chi connectivity index (χ0v) is 15.9. The lowest BCUT2D eigenvalue weighted by Crippen LogP contribution is -2.37. The van der Waals surface area contributed by atoms with Gasteiger partial charge < -0.3 is 14.3 Å². The number of fused-ring (bicyclic) bond motifs is 1. The number of hydrogen-bond acceptors (Lipinski definition) is 5. The number of carboxylic acid groups (broad SMARTS) is 1. The zero-order valence-electron chi connectivity index (χ0n) is 15.9. The maximum absolute atomic E-state index is 11.3. The molecule has 6 heteroatoms. The van der Waals surface area contributed by atoms with Crippen molar-refractivity contribution >= 4 is 17.1 Å². The number of nitrogens with one attached hydrogen (secondary N) is 1. The summed E-state index contributed by atoms with van der Waals surface area (Å²) in [6.07, 6.45) is 0. The number of para-hydroxylation sites is 2. The van der Waals surface area contributed by atoms with E-state index in [1.807, 2.05) is 56.3 Å². The van der Waals surface area contributed by atoms with Gasteiger partial charge in [-0.25, -0.2) is 9.78 Å². The first kappa shape index (κ1) is 18.9. The number of hydrogen-bond donors (Lipinski definition) is 2. The van der Waals surface area contributed by atoms with Gasteiger partial charge in [-0.3, -0.25) is 5.32 Å². The summed E-state index contributed by atoms with van der Waals surface area (Å²) in [6.45, 7) is 7.08. The fourth-order valence-corrected chi connectivity index (χ4v) is 2.80. The number of carboxylic acids is 1. The number of aromatic nitrogens is 1. The smallest absolute Gasteiger partial charge is 0.347 e. The molecule has 6 nitrogen and oxygen atoms in total. The fraction of sp³-hybridized carbons (Fsp3) is 0.333. The highest BCUT2D eigenvalue weighted by Crippen LogP contribution is 2.26. The second kappa shape index (κ2) is 7.40. The second-order valence-electron chi connectivity index (χ2n) is 7.12. The summed E-state index contributed by atoms with van der Waals surface area (Å²) in [7, 11) is 0. The summed E-state index contributed by atoms with van der Waals surface area (Å²) in [4.78, 5) is 15.8. The van der Waals surface area contributed by atoms with Crippen molar-refractivity contribution in [3.05, 3.63) is 60.0 Å². The predicted molar refractivity (Wildman–Crippen MR) is 103 cm³/mol. The van der Waals surface area contributed by atoms with Gasteiger partial charge >= 0.3 is 5.97 Å². The van der Waals surface area contributed by atoms with Crippen LogP contribution in [-0.4, -0.2) is 21.7 Å². The molecule has 2 atom stereocenters. The number of nitrogens with zero attached hydrogens (tertiary/aromatic N) is 1. The molecule has 0 saturated heterocycles. The number of ether oxygens (including phenoxy) is 1. The molecule has 3 aromatic rings. The van der Waals surface area contributed by atoms with Crippen LogP contribution in [0.15, 0.2) is 52.9 Å². The summed E-state index contributed by atoms with van der Waals surface area (Å²) in [5.74, 6) is 0.134. The number of rotatable bonds is 7. The average molecular weight is 368 g/mol. The summed E-state index contributed by atoms with van der Waals surface area (Å²) in [5, 5.41) is 12.7. The van der Waals surface area contributed by atoms with Crippen LogP contribution < -0.4 is 10.1 Å². The number of oxazole rings is 1. The second-order valence-corrected chi connectivity index (χ2v) is 7.12. The highest BCUT2D eigenvalue weighted by molar-refractivity contribution is 5.76. The Bertz CT molecular complexity index is 915. The van der Waals surface area contributed by atoms with Crippen molar-refractivity contribution in [2.24, 2.45) is 0 Å². The monoisotopic (exact) mass is 368 g/mol. The summed E-state index contributed by atoms with van der Waals surface area (Å²) in [5.41, 5.74) is 1.29. The third-order valence-electron chi connectivity index (χ3n) is 4.43. The van der Waals surface area contributed by atoms with Gasteiger partial charge in [-0.1, -0.05) is 24.3 Å². The fourth-order valence-electron chi connectivity index (χ4n) is 2.80. The highest BCUT2D eigenvalue weighted by Gasteiger charge is 2.29. The minimum atomic E-state index is -1.29. The van der Waals surface area contributed by atoms with Gasteiger partial charge in [0.25, 0.3) is 0 Å². The maximum Gasteiger partial charge on any atom is 0.347 e. The van der Waals surface area contributed by atoms with Crippen LogP contribution in [0.1, 0.15) is 51.2 Å². The SMILES string of the molecule is CC(NC(C)c1nc2ccccc2o1)c1cccc(OC(C)(C)C(=O)O)c1. The van der Waals surface area contributed by atoms with E-state index in [4.69, 9.17) is 9.15 Å². The van der Waals surface area contributed by atoms with Crippen molar-refractivity contribution in [1.82, 2.24) is 10.3 Å². The van der Waals surface area contributed by atoms with Crippen molar-refractivity contribution in [3.63, 3.8) is 0 Å². The highest BCUT2D eigenvalue weighted by atomic mass is 16.5. The molecule has 0 bridgehead atoms. The lowest BCUT2D eigenvalue weighted by molar-refractivity contribution is -0.152. The van der Waals surface area contributed by atoms with E-state index in [0.717, 1.165) is 16.7 Å². The minimum absolute atomic E-state index is 0.00787. The molecule has 0 fully saturated rings. The number of aliphatic carboxylic acids is 1. The Morgan fingerprint density at radius 2 is 1.89 bits per heavy atom. The van der Waals surface area contributed by atoms with Crippen LogP contribution >= 0.6 is 0 Å². The van der Waals surface area contributed by atoms with E-state index in [-0.39, 0.29) is 12.1 Å². The third-order valence-corrected chi connectivity index (χ3v) is 4.43. The number of carbonyl (C=O) groups is 1. The molecular weight excluding hydrogens is 344 g/mol. The van der Waals surface area contributed by atoms with Crippen LogP contribution in [0.25, 0.3) is 11.1 Å². The molecule has 27 heavy (non-hydrogen) atoms. The molecule has 0 spiro atoms. The lowest BCUT2D eigenvalue weighted by atomic mass is 10.1. The third kappa shape index (κ3) is 4.28. The lowest BCUT2D eigenvalue weighted by Gasteiger charge is -2.23.